The zero-order valence-electron chi connectivity index (χ0n) is 14.6. The van der Waals surface area contributed by atoms with Crippen LogP contribution in [0.1, 0.15) is 41.6 Å². The first-order chi connectivity index (χ1) is 11.8. The molecule has 0 aliphatic heterocycles. The van der Waals surface area contributed by atoms with Gasteiger partial charge in [-0.05, 0) is 37.1 Å². The fraction of sp³-hybridized carbons (Fsp3) is 0.300. The number of aryl methyl sites for hydroxylation is 2. The molecule has 0 aliphatic rings. The number of hydrogen-bond donors (Lipinski definition) is 1. The van der Waals surface area contributed by atoms with E-state index < -0.39 is 6.04 Å². The lowest BCUT2D eigenvalue weighted by Gasteiger charge is -2.18. The Hall–Kier alpha value is -2.33. The first kappa shape index (κ1) is 19.0. The monoisotopic (exact) mass is 359 g/mol. The van der Waals surface area contributed by atoms with E-state index in [-0.39, 0.29) is 24.9 Å². The Labute approximate surface area is 153 Å². The molecule has 0 saturated carbocycles. The Morgan fingerprint density at radius 1 is 1.08 bits per heavy atom. The van der Waals surface area contributed by atoms with E-state index >= 15 is 0 Å². The van der Waals surface area contributed by atoms with Crippen LogP contribution in [0.2, 0.25) is 5.02 Å². The third-order valence-electron chi connectivity index (χ3n) is 3.70. The lowest BCUT2D eigenvalue weighted by molar-refractivity contribution is -0.145. The summed E-state index contributed by atoms with van der Waals surface area (Å²) in [6.45, 7) is 5.65. The fourth-order valence-electron chi connectivity index (χ4n) is 2.73. The summed E-state index contributed by atoms with van der Waals surface area (Å²) in [5.41, 5.74) is 4.02. The van der Waals surface area contributed by atoms with E-state index in [9.17, 15) is 9.59 Å². The van der Waals surface area contributed by atoms with Crippen LogP contribution in [0.25, 0.3) is 0 Å². The van der Waals surface area contributed by atoms with E-state index in [1.165, 1.54) is 6.92 Å². The van der Waals surface area contributed by atoms with Gasteiger partial charge in [-0.15, -0.1) is 0 Å². The number of carbonyl (C=O) groups excluding carboxylic acids is 2. The maximum absolute atomic E-state index is 12.2. The summed E-state index contributed by atoms with van der Waals surface area (Å²) in [5.74, 6) is -0.574. The van der Waals surface area contributed by atoms with Gasteiger partial charge in [-0.2, -0.15) is 0 Å². The summed E-state index contributed by atoms with van der Waals surface area (Å²) in [6.07, 6.45) is 0.0615. The van der Waals surface area contributed by atoms with Crippen molar-refractivity contribution in [2.45, 2.75) is 39.8 Å². The average molecular weight is 360 g/mol. The minimum atomic E-state index is -0.443. The quantitative estimate of drug-likeness (QED) is 0.784. The largest absolute Gasteiger partial charge is 0.461 e. The molecule has 25 heavy (non-hydrogen) atoms. The van der Waals surface area contributed by atoms with Gasteiger partial charge in [-0.1, -0.05) is 53.1 Å². The zero-order valence-corrected chi connectivity index (χ0v) is 15.4. The second-order valence-corrected chi connectivity index (χ2v) is 6.60. The normalized spacial score (nSPS) is 11.7. The van der Waals surface area contributed by atoms with Crippen LogP contribution in [0.3, 0.4) is 0 Å². The highest BCUT2D eigenvalue weighted by molar-refractivity contribution is 6.30. The Morgan fingerprint density at radius 3 is 2.24 bits per heavy atom. The van der Waals surface area contributed by atoms with E-state index in [2.05, 4.69) is 11.4 Å². The van der Waals surface area contributed by atoms with Gasteiger partial charge in [-0.3, -0.25) is 9.59 Å². The molecule has 2 aromatic rings. The second kappa shape index (κ2) is 8.67. The van der Waals surface area contributed by atoms with Gasteiger partial charge in [-0.25, -0.2) is 0 Å². The van der Waals surface area contributed by atoms with E-state index in [0.29, 0.717) is 5.02 Å². The van der Waals surface area contributed by atoms with Crippen LogP contribution in [-0.4, -0.2) is 11.9 Å². The number of hydrogen-bond acceptors (Lipinski definition) is 3. The minimum Gasteiger partial charge on any atom is -0.461 e. The van der Waals surface area contributed by atoms with Crippen molar-refractivity contribution in [3.8, 4) is 0 Å². The summed E-state index contributed by atoms with van der Waals surface area (Å²) in [4.78, 5) is 23.7. The SMILES string of the molecule is CC(=O)NC(CC(=O)OCc1cc(C)cc(C)c1)c1ccc(Cl)cc1. The second-order valence-electron chi connectivity index (χ2n) is 6.17. The molecule has 5 heteroatoms. The molecule has 0 bridgehead atoms. The molecular weight excluding hydrogens is 338 g/mol. The topological polar surface area (TPSA) is 55.4 Å². The maximum Gasteiger partial charge on any atom is 0.308 e. The Kier molecular flexibility index (Phi) is 6.59. The minimum absolute atomic E-state index is 0.0615. The number of amides is 1. The highest BCUT2D eigenvalue weighted by atomic mass is 35.5. The summed E-state index contributed by atoms with van der Waals surface area (Å²) in [7, 11) is 0. The van der Waals surface area contributed by atoms with Gasteiger partial charge in [0.1, 0.15) is 6.61 Å². The number of halogens is 1. The van der Waals surface area contributed by atoms with Crippen LogP contribution in [0.4, 0.5) is 0 Å². The van der Waals surface area contributed by atoms with Crippen molar-refractivity contribution in [1.82, 2.24) is 5.32 Å². The molecule has 1 unspecified atom stereocenters. The molecule has 0 radical (unpaired) electrons. The van der Waals surface area contributed by atoms with Gasteiger partial charge in [0, 0.05) is 11.9 Å². The highest BCUT2D eigenvalue weighted by Gasteiger charge is 2.18. The van der Waals surface area contributed by atoms with Crippen molar-refractivity contribution in [3.05, 3.63) is 69.7 Å². The van der Waals surface area contributed by atoms with Crippen molar-refractivity contribution in [3.63, 3.8) is 0 Å². The zero-order chi connectivity index (χ0) is 18.4. The van der Waals surface area contributed by atoms with Crippen LogP contribution < -0.4 is 5.32 Å². The first-order valence-electron chi connectivity index (χ1n) is 8.09. The van der Waals surface area contributed by atoms with Gasteiger partial charge in [0.2, 0.25) is 5.91 Å². The number of carbonyl (C=O) groups is 2. The predicted octanol–water partition coefficient (Wildman–Crippen LogP) is 4.27. The Morgan fingerprint density at radius 2 is 1.68 bits per heavy atom. The molecule has 0 aliphatic carbocycles. The molecule has 2 aromatic carbocycles. The summed E-state index contributed by atoms with van der Waals surface area (Å²) < 4.78 is 5.38. The number of ether oxygens (including phenoxy) is 1. The third kappa shape index (κ3) is 6.24. The number of esters is 1. The average Bonchev–Trinajstić information content (AvgIpc) is 2.52. The molecular formula is C20H22ClNO3. The molecule has 1 atom stereocenters. The molecule has 0 spiro atoms. The molecule has 4 nitrogen and oxygen atoms in total. The number of nitrogens with one attached hydrogen (secondary N) is 1. The molecule has 2 rings (SSSR count). The number of rotatable bonds is 6. The molecule has 132 valence electrons. The maximum atomic E-state index is 12.2. The van der Waals surface area contributed by atoms with Crippen LogP contribution in [0.15, 0.2) is 42.5 Å². The smallest absolute Gasteiger partial charge is 0.308 e. The van der Waals surface area contributed by atoms with Crippen molar-refractivity contribution in [2.75, 3.05) is 0 Å². The van der Waals surface area contributed by atoms with E-state index in [1.54, 1.807) is 24.3 Å². The fourth-order valence-corrected chi connectivity index (χ4v) is 2.86. The van der Waals surface area contributed by atoms with Crippen molar-refractivity contribution < 1.29 is 14.3 Å². The summed E-state index contributed by atoms with van der Waals surface area (Å²) >= 11 is 5.89. The molecule has 0 saturated heterocycles. The lowest BCUT2D eigenvalue weighted by Crippen LogP contribution is -2.28. The van der Waals surface area contributed by atoms with Crippen molar-refractivity contribution >= 4 is 23.5 Å². The van der Waals surface area contributed by atoms with Crippen LogP contribution in [0.5, 0.6) is 0 Å². The van der Waals surface area contributed by atoms with Gasteiger partial charge in [0.05, 0.1) is 12.5 Å². The molecule has 0 fully saturated rings. The molecule has 1 amide bonds. The summed E-state index contributed by atoms with van der Waals surface area (Å²) in [6, 6.07) is 12.6. The van der Waals surface area contributed by atoms with Gasteiger partial charge < -0.3 is 10.1 Å². The number of benzene rings is 2. The van der Waals surface area contributed by atoms with Gasteiger partial charge >= 0.3 is 5.97 Å². The Balaban J connectivity index is 2.01. The first-order valence-corrected chi connectivity index (χ1v) is 8.46. The van der Waals surface area contributed by atoms with Crippen molar-refractivity contribution in [2.24, 2.45) is 0 Å². The third-order valence-corrected chi connectivity index (χ3v) is 3.95. The van der Waals surface area contributed by atoms with Gasteiger partial charge in [0.25, 0.3) is 0 Å². The van der Waals surface area contributed by atoms with E-state index in [1.807, 2.05) is 26.0 Å². The standard InChI is InChI=1S/C20H22ClNO3/c1-13-8-14(2)10-16(9-13)12-25-20(24)11-19(22-15(3)23)17-4-6-18(21)7-5-17/h4-10,19H,11-12H2,1-3H3,(H,22,23). The highest BCUT2D eigenvalue weighted by Crippen LogP contribution is 2.20. The summed E-state index contributed by atoms with van der Waals surface area (Å²) in [5, 5.41) is 3.38. The van der Waals surface area contributed by atoms with Gasteiger partial charge in [0.15, 0.2) is 0 Å². The van der Waals surface area contributed by atoms with Crippen LogP contribution in [0, 0.1) is 13.8 Å². The molecule has 0 heterocycles. The van der Waals surface area contributed by atoms with E-state index in [0.717, 1.165) is 22.3 Å². The predicted molar refractivity (Wildman–Crippen MR) is 98.3 cm³/mol. The molecule has 1 N–H and O–H groups in total. The van der Waals surface area contributed by atoms with E-state index in [4.69, 9.17) is 16.3 Å². The van der Waals surface area contributed by atoms with Crippen molar-refractivity contribution in [1.29, 1.82) is 0 Å². The van der Waals surface area contributed by atoms with Crippen LogP contribution >= 0.6 is 11.6 Å². The van der Waals surface area contributed by atoms with Crippen LogP contribution in [-0.2, 0) is 20.9 Å². The Bertz CT molecular complexity index is 736. The molecule has 0 aromatic heterocycles. The lowest BCUT2D eigenvalue weighted by atomic mass is 10.0.